The second kappa shape index (κ2) is 7.50. The standard InChI is InChI=1S/C23H24N2O3/c1-14-5-3-6-15(2)23(14)25-22(27)12-24-21(26)11-18-13-28-20-10-17-8-4-7-16(17)9-19(18)20/h3,5-6,9-10,13H,4,7-8,11-12H2,1-2H3,(H,24,26)(H,25,27). The van der Waals surface area contributed by atoms with Crippen LogP contribution < -0.4 is 10.6 Å². The molecule has 0 spiro atoms. The van der Waals surface area contributed by atoms with Crippen molar-refractivity contribution in [3.05, 3.63) is 64.4 Å². The molecule has 4 rings (SSSR count). The van der Waals surface area contributed by atoms with Crippen LogP contribution in [0.25, 0.3) is 11.0 Å². The van der Waals surface area contributed by atoms with E-state index < -0.39 is 0 Å². The van der Waals surface area contributed by atoms with Crippen LogP contribution in [0.15, 0.2) is 41.0 Å². The minimum Gasteiger partial charge on any atom is -0.464 e. The van der Waals surface area contributed by atoms with Crippen LogP contribution in [-0.2, 0) is 28.9 Å². The van der Waals surface area contributed by atoms with Gasteiger partial charge in [-0.3, -0.25) is 9.59 Å². The third kappa shape index (κ3) is 3.65. The summed E-state index contributed by atoms with van der Waals surface area (Å²) in [6.07, 6.45) is 5.20. The highest BCUT2D eigenvalue weighted by atomic mass is 16.3. The summed E-state index contributed by atoms with van der Waals surface area (Å²) in [5.41, 5.74) is 7.18. The van der Waals surface area contributed by atoms with Crippen LogP contribution in [0.5, 0.6) is 0 Å². The number of para-hydroxylation sites is 1. The van der Waals surface area contributed by atoms with Gasteiger partial charge in [0.05, 0.1) is 19.2 Å². The summed E-state index contributed by atoms with van der Waals surface area (Å²) in [7, 11) is 0. The molecule has 3 aromatic rings. The summed E-state index contributed by atoms with van der Waals surface area (Å²) in [5, 5.41) is 6.58. The number of rotatable bonds is 5. The first-order valence-corrected chi connectivity index (χ1v) is 9.66. The molecule has 0 aliphatic heterocycles. The Morgan fingerprint density at radius 2 is 1.75 bits per heavy atom. The molecule has 5 heteroatoms. The third-order valence-corrected chi connectivity index (χ3v) is 5.41. The molecule has 0 unspecified atom stereocenters. The van der Waals surface area contributed by atoms with Crippen molar-refractivity contribution in [1.29, 1.82) is 0 Å². The summed E-state index contributed by atoms with van der Waals surface area (Å²) in [6.45, 7) is 3.84. The second-order valence-electron chi connectivity index (χ2n) is 7.50. The monoisotopic (exact) mass is 376 g/mol. The number of carbonyl (C=O) groups excluding carboxylic acids is 2. The number of benzene rings is 2. The van der Waals surface area contributed by atoms with Crippen LogP contribution in [0, 0.1) is 13.8 Å². The Hall–Kier alpha value is -3.08. The number of anilines is 1. The van der Waals surface area contributed by atoms with E-state index in [1.165, 1.54) is 17.5 Å². The molecule has 28 heavy (non-hydrogen) atoms. The Morgan fingerprint density at radius 1 is 1.04 bits per heavy atom. The summed E-state index contributed by atoms with van der Waals surface area (Å²) in [4.78, 5) is 24.6. The SMILES string of the molecule is Cc1cccc(C)c1NC(=O)CNC(=O)Cc1coc2cc3c(cc12)CCC3. The average molecular weight is 376 g/mol. The zero-order valence-electron chi connectivity index (χ0n) is 16.2. The number of amides is 2. The largest absolute Gasteiger partial charge is 0.464 e. The predicted octanol–water partition coefficient (Wildman–Crippen LogP) is 3.84. The quantitative estimate of drug-likeness (QED) is 0.711. The van der Waals surface area contributed by atoms with Gasteiger partial charge < -0.3 is 15.1 Å². The van der Waals surface area contributed by atoms with Crippen LogP contribution in [0.2, 0.25) is 0 Å². The van der Waals surface area contributed by atoms with Crippen molar-refractivity contribution in [3.8, 4) is 0 Å². The molecule has 0 fully saturated rings. The van der Waals surface area contributed by atoms with Crippen LogP contribution in [0.4, 0.5) is 5.69 Å². The highest BCUT2D eigenvalue weighted by molar-refractivity contribution is 5.96. The molecular formula is C23H24N2O3. The van der Waals surface area contributed by atoms with E-state index in [4.69, 9.17) is 4.42 Å². The number of fused-ring (bicyclic) bond motifs is 2. The predicted molar refractivity (Wildman–Crippen MR) is 109 cm³/mol. The molecule has 2 N–H and O–H groups in total. The summed E-state index contributed by atoms with van der Waals surface area (Å²) in [6, 6.07) is 10.1. The molecule has 5 nitrogen and oxygen atoms in total. The molecule has 0 atom stereocenters. The molecule has 0 saturated carbocycles. The van der Waals surface area contributed by atoms with Gasteiger partial charge in [0.2, 0.25) is 11.8 Å². The Balaban J connectivity index is 1.37. The minimum atomic E-state index is -0.236. The van der Waals surface area contributed by atoms with E-state index in [1.807, 2.05) is 32.0 Å². The number of aryl methyl sites for hydroxylation is 4. The molecule has 0 radical (unpaired) electrons. The van der Waals surface area contributed by atoms with E-state index in [2.05, 4.69) is 22.8 Å². The normalized spacial score (nSPS) is 12.8. The van der Waals surface area contributed by atoms with Crippen molar-refractivity contribution in [1.82, 2.24) is 5.32 Å². The van der Waals surface area contributed by atoms with Crippen LogP contribution in [0.3, 0.4) is 0 Å². The number of hydrogen-bond donors (Lipinski definition) is 2. The molecule has 144 valence electrons. The van der Waals surface area contributed by atoms with Crippen molar-refractivity contribution in [2.75, 3.05) is 11.9 Å². The van der Waals surface area contributed by atoms with Crippen molar-refractivity contribution >= 4 is 28.5 Å². The lowest BCUT2D eigenvalue weighted by atomic mass is 10.0. The molecular weight excluding hydrogens is 352 g/mol. The molecule has 1 aliphatic carbocycles. The lowest BCUT2D eigenvalue weighted by Crippen LogP contribution is -2.34. The lowest BCUT2D eigenvalue weighted by molar-refractivity contribution is -0.123. The van der Waals surface area contributed by atoms with Crippen molar-refractivity contribution in [2.45, 2.75) is 39.5 Å². The maximum absolute atomic E-state index is 12.3. The Bertz CT molecular complexity index is 1040. The van der Waals surface area contributed by atoms with E-state index in [9.17, 15) is 9.59 Å². The number of hydrogen-bond acceptors (Lipinski definition) is 3. The smallest absolute Gasteiger partial charge is 0.243 e. The third-order valence-electron chi connectivity index (χ3n) is 5.41. The first kappa shape index (κ1) is 18.3. The summed E-state index contributed by atoms with van der Waals surface area (Å²) in [5.74, 6) is -0.430. The summed E-state index contributed by atoms with van der Waals surface area (Å²) < 4.78 is 5.65. The zero-order chi connectivity index (χ0) is 19.7. The van der Waals surface area contributed by atoms with E-state index in [0.717, 1.165) is 46.2 Å². The Kier molecular flexibility index (Phi) is 4.90. The van der Waals surface area contributed by atoms with E-state index in [-0.39, 0.29) is 24.8 Å². The molecule has 1 aliphatic rings. The van der Waals surface area contributed by atoms with Crippen LogP contribution in [-0.4, -0.2) is 18.4 Å². The fraction of sp³-hybridized carbons (Fsp3) is 0.304. The Morgan fingerprint density at radius 3 is 2.50 bits per heavy atom. The molecule has 0 saturated heterocycles. The first-order chi connectivity index (χ1) is 13.5. The molecule has 1 aromatic heterocycles. The topological polar surface area (TPSA) is 71.3 Å². The number of nitrogens with one attached hydrogen (secondary N) is 2. The average Bonchev–Trinajstić information content (AvgIpc) is 3.28. The Labute approximate surface area is 164 Å². The zero-order valence-corrected chi connectivity index (χ0v) is 16.2. The maximum atomic E-state index is 12.3. The van der Waals surface area contributed by atoms with Gasteiger partial charge in [0.1, 0.15) is 5.58 Å². The van der Waals surface area contributed by atoms with Gasteiger partial charge in [-0.1, -0.05) is 18.2 Å². The molecule has 0 bridgehead atoms. The fourth-order valence-corrected chi connectivity index (χ4v) is 3.89. The fourth-order valence-electron chi connectivity index (χ4n) is 3.89. The van der Waals surface area contributed by atoms with Gasteiger partial charge in [-0.25, -0.2) is 0 Å². The van der Waals surface area contributed by atoms with E-state index >= 15 is 0 Å². The first-order valence-electron chi connectivity index (χ1n) is 9.66. The summed E-state index contributed by atoms with van der Waals surface area (Å²) >= 11 is 0. The molecule has 1 heterocycles. The second-order valence-corrected chi connectivity index (χ2v) is 7.50. The van der Waals surface area contributed by atoms with Gasteiger partial charge in [0.15, 0.2) is 0 Å². The van der Waals surface area contributed by atoms with Crippen LogP contribution in [0.1, 0.15) is 34.2 Å². The number of furan rings is 1. The highest BCUT2D eigenvalue weighted by Crippen LogP contribution is 2.30. The van der Waals surface area contributed by atoms with Gasteiger partial charge >= 0.3 is 0 Å². The lowest BCUT2D eigenvalue weighted by Gasteiger charge is -2.11. The van der Waals surface area contributed by atoms with Crippen LogP contribution >= 0.6 is 0 Å². The van der Waals surface area contributed by atoms with Gasteiger partial charge in [0, 0.05) is 16.6 Å². The molecule has 2 amide bonds. The van der Waals surface area contributed by atoms with E-state index in [0.29, 0.717) is 0 Å². The van der Waals surface area contributed by atoms with E-state index in [1.54, 1.807) is 6.26 Å². The van der Waals surface area contributed by atoms with Gasteiger partial charge in [-0.05, 0) is 67.5 Å². The minimum absolute atomic E-state index is 0.0577. The highest BCUT2D eigenvalue weighted by Gasteiger charge is 2.17. The van der Waals surface area contributed by atoms with Gasteiger partial charge in [0.25, 0.3) is 0 Å². The van der Waals surface area contributed by atoms with Crippen molar-refractivity contribution in [2.24, 2.45) is 0 Å². The van der Waals surface area contributed by atoms with Gasteiger partial charge in [-0.2, -0.15) is 0 Å². The molecule has 2 aromatic carbocycles. The van der Waals surface area contributed by atoms with Crippen molar-refractivity contribution < 1.29 is 14.0 Å². The van der Waals surface area contributed by atoms with Gasteiger partial charge in [-0.15, -0.1) is 0 Å². The van der Waals surface area contributed by atoms with Crippen molar-refractivity contribution in [3.63, 3.8) is 0 Å². The number of carbonyl (C=O) groups is 2. The maximum Gasteiger partial charge on any atom is 0.243 e.